The van der Waals surface area contributed by atoms with E-state index in [4.69, 9.17) is 5.11 Å². The highest BCUT2D eigenvalue weighted by molar-refractivity contribution is 5.83. The molecule has 1 aliphatic rings. The first-order chi connectivity index (χ1) is 10.7. The summed E-state index contributed by atoms with van der Waals surface area (Å²) in [6.07, 6.45) is -4.57. The van der Waals surface area contributed by atoms with Crippen LogP contribution in [0.25, 0.3) is 0 Å². The van der Waals surface area contributed by atoms with Crippen LogP contribution in [-0.4, -0.2) is 29.2 Å². The lowest BCUT2D eigenvalue weighted by Crippen LogP contribution is -2.44. The van der Waals surface area contributed by atoms with Crippen LogP contribution in [0.4, 0.5) is 13.2 Å². The van der Waals surface area contributed by atoms with Crippen molar-refractivity contribution in [3.8, 4) is 0 Å². The predicted molar refractivity (Wildman–Crippen MR) is 76.8 cm³/mol. The average Bonchev–Trinajstić information content (AvgIpc) is 2.41. The van der Waals surface area contributed by atoms with E-state index in [1.807, 2.05) is 35.6 Å². The molecule has 0 saturated heterocycles. The molecule has 1 atom stereocenters. The monoisotopic (exact) mass is 329 g/mol. The molecule has 0 aromatic heterocycles. The summed E-state index contributed by atoms with van der Waals surface area (Å²) >= 11 is 0. The molecule has 126 valence electrons. The van der Waals surface area contributed by atoms with Gasteiger partial charge in [-0.05, 0) is 30.2 Å². The van der Waals surface area contributed by atoms with Crippen LogP contribution >= 0.6 is 0 Å². The van der Waals surface area contributed by atoms with Crippen molar-refractivity contribution in [2.75, 3.05) is 0 Å². The number of carboxylic acids is 1. The van der Waals surface area contributed by atoms with Gasteiger partial charge in [-0.2, -0.15) is 13.2 Å². The summed E-state index contributed by atoms with van der Waals surface area (Å²) in [7, 11) is 0. The fraction of sp³-hybridized carbons (Fsp3) is 0.500. The van der Waals surface area contributed by atoms with Crippen LogP contribution in [-0.2, 0) is 9.59 Å². The van der Waals surface area contributed by atoms with E-state index in [1.54, 1.807) is 0 Å². The maximum Gasteiger partial charge on any atom is 0.391 e. The summed E-state index contributed by atoms with van der Waals surface area (Å²) in [5, 5.41) is 10.7. The van der Waals surface area contributed by atoms with Gasteiger partial charge in [0.1, 0.15) is 6.04 Å². The van der Waals surface area contributed by atoms with E-state index in [0.717, 1.165) is 12.8 Å². The Balaban J connectivity index is 1.78. The second-order valence-electron chi connectivity index (χ2n) is 5.93. The molecule has 1 saturated carbocycles. The van der Waals surface area contributed by atoms with Gasteiger partial charge >= 0.3 is 12.1 Å². The van der Waals surface area contributed by atoms with Crippen molar-refractivity contribution in [2.24, 2.45) is 5.92 Å². The number of hydrogen-bond donors (Lipinski definition) is 2. The molecule has 0 heterocycles. The summed E-state index contributed by atoms with van der Waals surface area (Å²) in [4.78, 5) is 22.6. The summed E-state index contributed by atoms with van der Waals surface area (Å²) in [6, 6.07) is 7.87. The smallest absolute Gasteiger partial charge is 0.391 e. The van der Waals surface area contributed by atoms with E-state index in [0.29, 0.717) is 5.92 Å². The molecule has 1 unspecified atom stereocenters. The predicted octanol–water partition coefficient (Wildman–Crippen LogP) is 3.09. The minimum atomic E-state index is -4.63. The molecule has 1 aliphatic carbocycles. The molecule has 1 fully saturated rings. The first kappa shape index (κ1) is 17.3. The molecule has 1 amide bonds. The zero-order chi connectivity index (χ0) is 17.0. The van der Waals surface area contributed by atoms with Crippen LogP contribution in [0.5, 0.6) is 0 Å². The second kappa shape index (κ2) is 7.02. The van der Waals surface area contributed by atoms with Crippen molar-refractivity contribution in [1.29, 1.82) is 0 Å². The van der Waals surface area contributed by atoms with Crippen LogP contribution in [0.15, 0.2) is 30.3 Å². The minimum absolute atomic E-state index is 0.0605. The van der Waals surface area contributed by atoms with Crippen LogP contribution in [0.3, 0.4) is 0 Å². The van der Waals surface area contributed by atoms with Crippen LogP contribution in [0.2, 0.25) is 0 Å². The lowest BCUT2D eigenvalue weighted by molar-refractivity contribution is -0.160. The van der Waals surface area contributed by atoms with E-state index in [1.165, 1.54) is 5.56 Å². The number of nitrogens with one attached hydrogen (secondary N) is 1. The van der Waals surface area contributed by atoms with Crippen LogP contribution in [0, 0.1) is 5.92 Å². The third kappa shape index (κ3) is 5.26. The highest BCUT2D eigenvalue weighted by Gasteiger charge is 2.37. The summed E-state index contributed by atoms with van der Waals surface area (Å²) in [6.45, 7) is 0. The van der Waals surface area contributed by atoms with Gasteiger partial charge in [-0.25, -0.2) is 4.79 Å². The number of benzene rings is 1. The standard InChI is InChI=1S/C16H18F3NO3/c17-16(18,19)9-13(15(22)23)20-14(21)8-10-6-12(7-10)11-4-2-1-3-5-11/h1-5,10,12-13H,6-9H2,(H,20,21)(H,22,23). The number of carbonyl (C=O) groups excluding carboxylic acids is 1. The van der Waals surface area contributed by atoms with Crippen molar-refractivity contribution in [3.05, 3.63) is 35.9 Å². The molecule has 0 bridgehead atoms. The van der Waals surface area contributed by atoms with E-state index >= 15 is 0 Å². The largest absolute Gasteiger partial charge is 0.480 e. The Morgan fingerprint density at radius 1 is 1.22 bits per heavy atom. The SMILES string of the molecule is O=C(CC1CC(c2ccccc2)C1)NC(CC(F)(F)F)C(=O)O. The summed E-state index contributed by atoms with van der Waals surface area (Å²) in [5.41, 5.74) is 1.18. The van der Waals surface area contributed by atoms with Gasteiger partial charge in [0.2, 0.25) is 5.91 Å². The van der Waals surface area contributed by atoms with Gasteiger partial charge in [-0.3, -0.25) is 4.79 Å². The first-order valence-electron chi connectivity index (χ1n) is 7.38. The Morgan fingerprint density at radius 3 is 2.35 bits per heavy atom. The highest BCUT2D eigenvalue weighted by Crippen LogP contribution is 2.43. The molecule has 0 aliphatic heterocycles. The second-order valence-corrected chi connectivity index (χ2v) is 5.93. The van der Waals surface area contributed by atoms with Gasteiger partial charge in [0, 0.05) is 6.42 Å². The zero-order valence-corrected chi connectivity index (χ0v) is 12.3. The number of alkyl halides is 3. The Morgan fingerprint density at radius 2 is 1.83 bits per heavy atom. The number of amides is 1. The molecule has 7 heteroatoms. The van der Waals surface area contributed by atoms with E-state index in [9.17, 15) is 22.8 Å². The van der Waals surface area contributed by atoms with Crippen molar-refractivity contribution in [2.45, 2.75) is 43.8 Å². The topological polar surface area (TPSA) is 66.4 Å². The summed E-state index contributed by atoms with van der Waals surface area (Å²) < 4.78 is 36.8. The lowest BCUT2D eigenvalue weighted by atomic mass is 9.70. The fourth-order valence-electron chi connectivity index (χ4n) is 2.85. The van der Waals surface area contributed by atoms with Gasteiger partial charge in [0.15, 0.2) is 0 Å². The molecule has 0 spiro atoms. The number of hydrogen-bond acceptors (Lipinski definition) is 2. The molecule has 2 rings (SSSR count). The summed E-state index contributed by atoms with van der Waals surface area (Å²) in [5.74, 6) is -1.87. The molecular weight excluding hydrogens is 311 g/mol. The molecule has 1 aromatic carbocycles. The Kier molecular flexibility index (Phi) is 5.28. The number of carbonyl (C=O) groups is 2. The number of halogens is 3. The van der Waals surface area contributed by atoms with Gasteiger partial charge in [-0.15, -0.1) is 0 Å². The van der Waals surface area contributed by atoms with Crippen molar-refractivity contribution >= 4 is 11.9 Å². The molecule has 2 N–H and O–H groups in total. The normalized spacial score (nSPS) is 22.0. The highest BCUT2D eigenvalue weighted by atomic mass is 19.4. The Bertz CT molecular complexity index is 553. The molecule has 4 nitrogen and oxygen atoms in total. The van der Waals surface area contributed by atoms with Crippen LogP contribution in [0.1, 0.15) is 37.2 Å². The molecular formula is C16H18F3NO3. The van der Waals surface area contributed by atoms with Gasteiger partial charge in [-0.1, -0.05) is 30.3 Å². The van der Waals surface area contributed by atoms with Crippen molar-refractivity contribution in [1.82, 2.24) is 5.32 Å². The third-order valence-electron chi connectivity index (χ3n) is 4.05. The zero-order valence-electron chi connectivity index (χ0n) is 12.3. The quantitative estimate of drug-likeness (QED) is 0.843. The van der Waals surface area contributed by atoms with Gasteiger partial charge < -0.3 is 10.4 Å². The van der Waals surface area contributed by atoms with E-state index in [-0.39, 0.29) is 12.3 Å². The molecule has 1 aromatic rings. The third-order valence-corrected chi connectivity index (χ3v) is 4.05. The number of rotatable bonds is 6. The van der Waals surface area contributed by atoms with Crippen molar-refractivity contribution < 1.29 is 27.9 Å². The van der Waals surface area contributed by atoms with Gasteiger partial charge in [0.05, 0.1) is 6.42 Å². The maximum atomic E-state index is 12.3. The van der Waals surface area contributed by atoms with Crippen molar-refractivity contribution in [3.63, 3.8) is 0 Å². The average molecular weight is 329 g/mol. The maximum absolute atomic E-state index is 12.3. The molecule has 23 heavy (non-hydrogen) atoms. The number of aliphatic carboxylic acids is 1. The van der Waals surface area contributed by atoms with Crippen LogP contribution < -0.4 is 5.32 Å². The Labute approximate surface area is 131 Å². The van der Waals surface area contributed by atoms with E-state index in [2.05, 4.69) is 0 Å². The fourth-order valence-corrected chi connectivity index (χ4v) is 2.85. The minimum Gasteiger partial charge on any atom is -0.480 e. The van der Waals surface area contributed by atoms with E-state index < -0.39 is 30.5 Å². The van der Waals surface area contributed by atoms with Gasteiger partial charge in [0.25, 0.3) is 0 Å². The number of carboxylic acid groups (broad SMARTS) is 1. The Hall–Kier alpha value is -2.05. The first-order valence-corrected chi connectivity index (χ1v) is 7.38. The molecule has 0 radical (unpaired) electrons. The lowest BCUT2D eigenvalue weighted by Gasteiger charge is -2.35.